The highest BCUT2D eigenvalue weighted by atomic mass is 16.2. The molecule has 0 spiro atoms. The largest absolute Gasteiger partial charge is 0.334 e. The lowest BCUT2D eigenvalue weighted by molar-refractivity contribution is -0.135. The molecule has 0 fully saturated rings. The number of aromatic nitrogens is 2. The molecule has 0 radical (unpaired) electrons. The van der Waals surface area contributed by atoms with Gasteiger partial charge >= 0.3 is 0 Å². The maximum absolute atomic E-state index is 12.1. The Hall–Kier alpha value is -1.88. The highest BCUT2D eigenvalue weighted by Gasteiger charge is 2.31. The zero-order valence-corrected chi connectivity index (χ0v) is 11.1. The summed E-state index contributed by atoms with van der Waals surface area (Å²) in [6, 6.07) is 5.87. The molecule has 2 aromatic rings. The number of hydrazine groups is 1. The molecule has 1 heterocycles. The minimum Gasteiger partial charge on any atom is -0.334 e. The third-order valence-electron chi connectivity index (χ3n) is 3.30. The number of amides is 1. The van der Waals surface area contributed by atoms with Crippen LogP contribution in [0.3, 0.4) is 0 Å². The molecule has 0 aliphatic heterocycles. The first kappa shape index (κ1) is 12.6. The van der Waals surface area contributed by atoms with Gasteiger partial charge in [-0.05, 0) is 31.5 Å². The minimum atomic E-state index is -0.658. The summed E-state index contributed by atoms with van der Waals surface area (Å²) in [5.41, 5.74) is 2.18. The van der Waals surface area contributed by atoms with Crippen LogP contribution in [0.2, 0.25) is 0 Å². The number of carbonyl (C=O) groups is 1. The lowest BCUT2D eigenvalue weighted by Gasteiger charge is -2.27. The van der Waals surface area contributed by atoms with Gasteiger partial charge in [0.05, 0.1) is 22.8 Å². The summed E-state index contributed by atoms with van der Waals surface area (Å²) in [4.78, 5) is 16.4. The zero-order chi connectivity index (χ0) is 13.5. The van der Waals surface area contributed by atoms with E-state index >= 15 is 0 Å². The van der Waals surface area contributed by atoms with Gasteiger partial charge in [-0.1, -0.05) is 6.07 Å². The van der Waals surface area contributed by atoms with Crippen LogP contribution in [0.1, 0.15) is 19.4 Å². The first-order chi connectivity index (χ1) is 8.34. The van der Waals surface area contributed by atoms with Gasteiger partial charge in [0.1, 0.15) is 0 Å². The molecule has 2 N–H and O–H groups in total. The topological polar surface area (TPSA) is 64.2 Å². The SMILES string of the molecule is CN(N)C(=O)C(C)(C)c1ccc2c(c1)ncn2C. The molecule has 5 nitrogen and oxygen atoms in total. The molecule has 1 aromatic carbocycles. The first-order valence-electron chi connectivity index (χ1n) is 5.78. The van der Waals surface area contributed by atoms with E-state index in [0.29, 0.717) is 0 Å². The third-order valence-corrected chi connectivity index (χ3v) is 3.30. The average Bonchev–Trinajstić information content (AvgIpc) is 2.69. The first-order valence-corrected chi connectivity index (χ1v) is 5.78. The van der Waals surface area contributed by atoms with E-state index in [1.165, 1.54) is 0 Å². The van der Waals surface area contributed by atoms with E-state index < -0.39 is 5.41 Å². The van der Waals surface area contributed by atoms with Gasteiger partial charge in [-0.25, -0.2) is 10.8 Å². The molecule has 0 bridgehead atoms. The summed E-state index contributed by atoms with van der Waals surface area (Å²) < 4.78 is 1.95. The van der Waals surface area contributed by atoms with Crippen LogP contribution in [0, 0.1) is 0 Å². The highest BCUT2D eigenvalue weighted by molar-refractivity contribution is 5.88. The standard InChI is InChI=1S/C13H18N4O/c1-13(2,12(18)17(4)14)9-5-6-11-10(7-9)15-8-16(11)3/h5-8H,14H2,1-4H3. The van der Waals surface area contributed by atoms with Crippen molar-refractivity contribution in [3.05, 3.63) is 30.1 Å². The van der Waals surface area contributed by atoms with Gasteiger partial charge in [-0.2, -0.15) is 0 Å². The monoisotopic (exact) mass is 246 g/mol. The van der Waals surface area contributed by atoms with Gasteiger partial charge in [0.15, 0.2) is 0 Å². The van der Waals surface area contributed by atoms with Crippen LogP contribution in [0.4, 0.5) is 0 Å². The second-order valence-electron chi connectivity index (χ2n) is 5.10. The van der Waals surface area contributed by atoms with Crippen LogP contribution in [0.25, 0.3) is 11.0 Å². The molecule has 96 valence electrons. The number of rotatable bonds is 2. The Morgan fingerprint density at radius 3 is 2.72 bits per heavy atom. The van der Waals surface area contributed by atoms with Gasteiger partial charge in [-0.15, -0.1) is 0 Å². The molecule has 0 saturated carbocycles. The Labute approximate surface area is 106 Å². The van der Waals surface area contributed by atoms with Gasteiger partial charge in [0, 0.05) is 14.1 Å². The lowest BCUT2D eigenvalue weighted by atomic mass is 9.83. The maximum Gasteiger partial charge on any atom is 0.246 e. The summed E-state index contributed by atoms with van der Waals surface area (Å²) >= 11 is 0. The van der Waals surface area contributed by atoms with Crippen LogP contribution in [0.5, 0.6) is 0 Å². The number of nitrogens with zero attached hydrogens (tertiary/aromatic N) is 3. The number of fused-ring (bicyclic) bond motifs is 1. The number of hydrogen-bond donors (Lipinski definition) is 1. The van der Waals surface area contributed by atoms with E-state index in [0.717, 1.165) is 21.6 Å². The van der Waals surface area contributed by atoms with E-state index in [2.05, 4.69) is 4.98 Å². The Morgan fingerprint density at radius 2 is 2.11 bits per heavy atom. The summed E-state index contributed by atoms with van der Waals surface area (Å²) in [5, 5.41) is 1.13. The summed E-state index contributed by atoms with van der Waals surface area (Å²) in [5.74, 6) is 5.41. The fourth-order valence-electron chi connectivity index (χ4n) is 2.09. The fourth-order valence-corrected chi connectivity index (χ4v) is 2.09. The molecule has 0 unspecified atom stereocenters. The molecular weight excluding hydrogens is 228 g/mol. The zero-order valence-electron chi connectivity index (χ0n) is 11.1. The Morgan fingerprint density at radius 1 is 1.44 bits per heavy atom. The lowest BCUT2D eigenvalue weighted by Crippen LogP contribution is -2.44. The van der Waals surface area contributed by atoms with Crippen LogP contribution >= 0.6 is 0 Å². The van der Waals surface area contributed by atoms with E-state index in [1.807, 2.05) is 43.7 Å². The van der Waals surface area contributed by atoms with E-state index in [-0.39, 0.29) is 5.91 Å². The number of hydrogen-bond acceptors (Lipinski definition) is 3. The molecule has 0 aliphatic carbocycles. The Bertz CT molecular complexity index is 598. The van der Waals surface area contributed by atoms with Crippen molar-refractivity contribution in [3.63, 3.8) is 0 Å². The van der Waals surface area contributed by atoms with Crippen LogP contribution < -0.4 is 5.84 Å². The molecule has 5 heteroatoms. The third kappa shape index (κ3) is 1.86. The highest BCUT2D eigenvalue weighted by Crippen LogP contribution is 2.27. The number of aryl methyl sites for hydroxylation is 1. The number of likely N-dealkylation sites (N-methyl/N-ethyl adjacent to an activating group) is 1. The van der Waals surface area contributed by atoms with Crippen molar-refractivity contribution in [2.45, 2.75) is 19.3 Å². The van der Waals surface area contributed by atoms with Gasteiger partial charge in [-0.3, -0.25) is 9.80 Å². The predicted molar refractivity (Wildman–Crippen MR) is 70.7 cm³/mol. The molecule has 1 amide bonds. The summed E-state index contributed by atoms with van der Waals surface area (Å²) in [7, 11) is 3.50. The van der Waals surface area contributed by atoms with E-state index in [4.69, 9.17) is 5.84 Å². The normalized spacial score (nSPS) is 11.8. The van der Waals surface area contributed by atoms with Crippen molar-refractivity contribution >= 4 is 16.9 Å². The fraction of sp³-hybridized carbons (Fsp3) is 0.385. The average molecular weight is 246 g/mol. The van der Waals surface area contributed by atoms with Gasteiger partial charge in [0.2, 0.25) is 5.91 Å². The van der Waals surface area contributed by atoms with Crippen molar-refractivity contribution in [1.29, 1.82) is 0 Å². The molecule has 0 atom stereocenters. The number of carbonyl (C=O) groups excluding carboxylic acids is 1. The Balaban J connectivity index is 2.50. The predicted octanol–water partition coefficient (Wildman–Crippen LogP) is 1.18. The molecule has 18 heavy (non-hydrogen) atoms. The molecule has 0 saturated heterocycles. The molecule has 0 aliphatic rings. The number of imidazole rings is 1. The van der Waals surface area contributed by atoms with Crippen molar-refractivity contribution in [3.8, 4) is 0 Å². The smallest absolute Gasteiger partial charge is 0.246 e. The summed E-state index contributed by atoms with van der Waals surface area (Å²) in [6.07, 6.45) is 1.76. The van der Waals surface area contributed by atoms with Crippen LogP contribution in [-0.2, 0) is 17.3 Å². The Kier molecular flexibility index (Phi) is 2.86. The maximum atomic E-state index is 12.1. The van der Waals surface area contributed by atoms with E-state index in [9.17, 15) is 4.79 Å². The van der Waals surface area contributed by atoms with Gasteiger partial charge < -0.3 is 4.57 Å². The van der Waals surface area contributed by atoms with Crippen LogP contribution in [-0.4, -0.2) is 27.5 Å². The van der Waals surface area contributed by atoms with Crippen molar-refractivity contribution in [2.75, 3.05) is 7.05 Å². The minimum absolute atomic E-state index is 0.127. The molecular formula is C13H18N4O. The van der Waals surface area contributed by atoms with Crippen molar-refractivity contribution in [1.82, 2.24) is 14.6 Å². The quantitative estimate of drug-likeness (QED) is 0.491. The number of nitrogens with two attached hydrogens (primary N) is 1. The second kappa shape index (κ2) is 4.10. The molecule has 2 rings (SSSR count). The molecule has 1 aromatic heterocycles. The van der Waals surface area contributed by atoms with Gasteiger partial charge in [0.25, 0.3) is 0 Å². The summed E-state index contributed by atoms with van der Waals surface area (Å²) in [6.45, 7) is 3.73. The van der Waals surface area contributed by atoms with E-state index in [1.54, 1.807) is 13.4 Å². The van der Waals surface area contributed by atoms with Crippen molar-refractivity contribution in [2.24, 2.45) is 12.9 Å². The second-order valence-corrected chi connectivity index (χ2v) is 5.10. The van der Waals surface area contributed by atoms with Crippen molar-refractivity contribution < 1.29 is 4.79 Å². The number of benzene rings is 1. The van der Waals surface area contributed by atoms with Crippen LogP contribution in [0.15, 0.2) is 24.5 Å².